The summed E-state index contributed by atoms with van der Waals surface area (Å²) in [4.78, 5) is 9.77. The molecule has 9 heteroatoms. The van der Waals surface area contributed by atoms with Crippen LogP contribution in [0.15, 0.2) is 29.2 Å². The van der Waals surface area contributed by atoms with Gasteiger partial charge in [-0.25, -0.2) is 16.8 Å². The van der Waals surface area contributed by atoms with Crippen molar-refractivity contribution in [3.63, 3.8) is 0 Å². The van der Waals surface area contributed by atoms with Crippen LogP contribution in [-0.2, 0) is 19.7 Å². The number of non-ortho nitro benzene ring substituents is 1. The summed E-state index contributed by atoms with van der Waals surface area (Å²) in [7, 11) is -7.05. The molecule has 1 atom stereocenters. The highest BCUT2D eigenvalue weighted by molar-refractivity contribution is 7.96. The summed E-state index contributed by atoms with van der Waals surface area (Å²) >= 11 is 0. The molecule has 1 unspecified atom stereocenters. The second-order valence-corrected chi connectivity index (χ2v) is 8.78. The van der Waals surface area contributed by atoms with Crippen molar-refractivity contribution in [2.75, 3.05) is 11.5 Å². The Hall–Kier alpha value is -1.48. The van der Waals surface area contributed by atoms with E-state index in [-0.39, 0.29) is 28.5 Å². The topological polar surface area (TPSA) is 111 Å². The Balaban J connectivity index is 2.33. The van der Waals surface area contributed by atoms with Crippen LogP contribution in [0.4, 0.5) is 5.69 Å². The van der Waals surface area contributed by atoms with Gasteiger partial charge in [0, 0.05) is 12.1 Å². The summed E-state index contributed by atoms with van der Waals surface area (Å²) in [6.07, 6.45) is 0.0711. The predicted molar refractivity (Wildman–Crippen MR) is 67.3 cm³/mol. The summed E-state index contributed by atoms with van der Waals surface area (Å²) in [6.45, 7) is 0. The zero-order valence-electron chi connectivity index (χ0n) is 9.72. The van der Waals surface area contributed by atoms with Gasteiger partial charge in [-0.05, 0) is 18.6 Å². The molecule has 1 fully saturated rings. The maximum Gasteiger partial charge on any atom is 0.269 e. The van der Waals surface area contributed by atoms with Gasteiger partial charge in [0.15, 0.2) is 19.7 Å². The van der Waals surface area contributed by atoms with Gasteiger partial charge < -0.3 is 0 Å². The van der Waals surface area contributed by atoms with E-state index in [1.54, 1.807) is 0 Å². The number of nitro benzene ring substituents is 1. The number of hydrogen-bond donors (Lipinski definition) is 0. The highest BCUT2D eigenvalue weighted by Crippen LogP contribution is 2.26. The lowest BCUT2D eigenvalue weighted by Gasteiger charge is -2.09. The van der Waals surface area contributed by atoms with Crippen LogP contribution in [0.5, 0.6) is 0 Å². The van der Waals surface area contributed by atoms with Crippen LogP contribution in [0.25, 0.3) is 0 Å². The van der Waals surface area contributed by atoms with Crippen molar-refractivity contribution in [1.29, 1.82) is 0 Å². The van der Waals surface area contributed by atoms with E-state index in [9.17, 15) is 26.9 Å². The minimum Gasteiger partial charge on any atom is -0.258 e. The zero-order chi connectivity index (χ0) is 14.3. The van der Waals surface area contributed by atoms with Crippen molar-refractivity contribution in [2.45, 2.75) is 16.6 Å². The lowest BCUT2D eigenvalue weighted by atomic mass is 10.3. The standard InChI is InChI=1S/C10H11NO6S2/c12-11(13)8-1-3-9(4-2-8)19(16,17)10-5-6-18(14,15)7-10/h1-4,10H,5-7H2. The Morgan fingerprint density at radius 2 is 1.79 bits per heavy atom. The Bertz CT molecular complexity index is 705. The normalized spacial score (nSPS) is 22.2. The molecule has 104 valence electrons. The molecule has 0 amide bonds. The van der Waals surface area contributed by atoms with E-state index in [4.69, 9.17) is 0 Å². The highest BCUT2D eigenvalue weighted by atomic mass is 32.2. The van der Waals surface area contributed by atoms with E-state index in [0.717, 1.165) is 24.3 Å². The molecule has 1 aliphatic heterocycles. The third-order valence-electron chi connectivity index (χ3n) is 3.01. The fourth-order valence-electron chi connectivity index (χ4n) is 1.96. The number of sulfone groups is 2. The molecular weight excluding hydrogens is 294 g/mol. The van der Waals surface area contributed by atoms with Crippen LogP contribution in [0, 0.1) is 10.1 Å². The van der Waals surface area contributed by atoms with Crippen molar-refractivity contribution in [1.82, 2.24) is 0 Å². The van der Waals surface area contributed by atoms with Crippen molar-refractivity contribution >= 4 is 25.4 Å². The molecule has 0 bridgehead atoms. The first-order valence-electron chi connectivity index (χ1n) is 5.41. The molecule has 0 aliphatic carbocycles. The molecule has 0 spiro atoms. The molecule has 0 N–H and O–H groups in total. The van der Waals surface area contributed by atoms with Crippen LogP contribution in [0.1, 0.15) is 6.42 Å². The number of nitrogens with zero attached hydrogens (tertiary/aromatic N) is 1. The van der Waals surface area contributed by atoms with Crippen molar-refractivity contribution < 1.29 is 21.8 Å². The minimum atomic E-state index is -3.75. The average molecular weight is 305 g/mol. The molecule has 2 rings (SSSR count). The lowest BCUT2D eigenvalue weighted by molar-refractivity contribution is -0.384. The monoisotopic (exact) mass is 305 g/mol. The third kappa shape index (κ3) is 2.76. The van der Waals surface area contributed by atoms with Crippen LogP contribution >= 0.6 is 0 Å². The number of benzene rings is 1. The first-order chi connectivity index (χ1) is 8.72. The molecule has 7 nitrogen and oxygen atoms in total. The molecule has 0 saturated carbocycles. The summed E-state index contributed by atoms with van der Waals surface area (Å²) in [5.41, 5.74) is -0.210. The molecule has 1 heterocycles. The molecule has 19 heavy (non-hydrogen) atoms. The Morgan fingerprint density at radius 3 is 2.21 bits per heavy atom. The van der Waals surface area contributed by atoms with Crippen LogP contribution in [0.3, 0.4) is 0 Å². The van der Waals surface area contributed by atoms with E-state index in [1.165, 1.54) is 0 Å². The summed E-state index contributed by atoms with van der Waals surface area (Å²) in [5, 5.41) is 9.52. The second kappa shape index (κ2) is 4.57. The molecular formula is C10H11NO6S2. The number of hydrogen-bond acceptors (Lipinski definition) is 6. The van der Waals surface area contributed by atoms with Gasteiger partial charge in [0.1, 0.15) is 0 Å². The SMILES string of the molecule is O=[N+]([O-])c1ccc(S(=O)(=O)C2CCS(=O)(=O)C2)cc1. The van der Waals surface area contributed by atoms with Gasteiger partial charge in [-0.3, -0.25) is 10.1 Å². The average Bonchev–Trinajstić information content (AvgIpc) is 2.70. The first kappa shape index (κ1) is 13.9. The van der Waals surface area contributed by atoms with Gasteiger partial charge in [0.2, 0.25) is 0 Å². The Labute approximate surface area is 110 Å². The van der Waals surface area contributed by atoms with Crippen molar-refractivity contribution in [3.8, 4) is 0 Å². The lowest BCUT2D eigenvalue weighted by Crippen LogP contribution is -2.22. The van der Waals surface area contributed by atoms with Gasteiger partial charge in [-0.15, -0.1) is 0 Å². The molecule has 1 aliphatic rings. The third-order valence-corrected chi connectivity index (χ3v) is 7.19. The highest BCUT2D eigenvalue weighted by Gasteiger charge is 2.38. The van der Waals surface area contributed by atoms with Crippen molar-refractivity contribution in [3.05, 3.63) is 34.4 Å². The summed E-state index contributed by atoms with van der Waals surface area (Å²) in [6, 6.07) is 4.46. The van der Waals surface area contributed by atoms with Crippen LogP contribution in [0.2, 0.25) is 0 Å². The van der Waals surface area contributed by atoms with Gasteiger partial charge in [0.25, 0.3) is 5.69 Å². The van der Waals surface area contributed by atoms with E-state index < -0.39 is 29.8 Å². The molecule has 0 aromatic heterocycles. The van der Waals surface area contributed by atoms with Crippen LogP contribution < -0.4 is 0 Å². The number of nitro groups is 1. The number of rotatable bonds is 3. The molecule has 0 radical (unpaired) electrons. The molecule has 1 saturated heterocycles. The zero-order valence-corrected chi connectivity index (χ0v) is 11.4. The largest absolute Gasteiger partial charge is 0.269 e. The predicted octanol–water partition coefficient (Wildman–Crippen LogP) is 0.556. The van der Waals surface area contributed by atoms with Gasteiger partial charge in [0.05, 0.1) is 26.6 Å². The quantitative estimate of drug-likeness (QED) is 0.595. The maximum absolute atomic E-state index is 12.2. The smallest absolute Gasteiger partial charge is 0.258 e. The van der Waals surface area contributed by atoms with E-state index in [2.05, 4.69) is 0 Å². The fourth-order valence-corrected chi connectivity index (χ4v) is 6.32. The summed E-state index contributed by atoms with van der Waals surface area (Å²) in [5.74, 6) is -0.518. The Kier molecular flexibility index (Phi) is 3.35. The van der Waals surface area contributed by atoms with E-state index in [1.807, 2.05) is 0 Å². The maximum atomic E-state index is 12.2. The second-order valence-electron chi connectivity index (χ2n) is 4.32. The minimum absolute atomic E-state index is 0.0711. The Morgan fingerprint density at radius 1 is 1.21 bits per heavy atom. The van der Waals surface area contributed by atoms with Crippen LogP contribution in [-0.4, -0.2) is 38.5 Å². The van der Waals surface area contributed by atoms with E-state index in [0.29, 0.717) is 0 Å². The van der Waals surface area contributed by atoms with Crippen molar-refractivity contribution in [2.24, 2.45) is 0 Å². The fraction of sp³-hybridized carbons (Fsp3) is 0.400. The van der Waals surface area contributed by atoms with Gasteiger partial charge in [-0.1, -0.05) is 0 Å². The molecule has 1 aromatic carbocycles. The molecule has 1 aromatic rings. The van der Waals surface area contributed by atoms with Gasteiger partial charge >= 0.3 is 0 Å². The van der Waals surface area contributed by atoms with E-state index >= 15 is 0 Å². The first-order valence-corrected chi connectivity index (χ1v) is 8.78. The van der Waals surface area contributed by atoms with Gasteiger partial charge in [-0.2, -0.15) is 0 Å². The summed E-state index contributed by atoms with van der Waals surface area (Å²) < 4.78 is 47.0.